The lowest BCUT2D eigenvalue weighted by atomic mass is 10.2. The summed E-state index contributed by atoms with van der Waals surface area (Å²) < 4.78 is 4.93. The summed E-state index contributed by atoms with van der Waals surface area (Å²) in [6.07, 6.45) is 1.51. The van der Waals surface area contributed by atoms with Gasteiger partial charge in [0.25, 0.3) is 0 Å². The minimum Gasteiger partial charge on any atom is -0.380 e. The van der Waals surface area contributed by atoms with Crippen molar-refractivity contribution in [1.29, 1.82) is 0 Å². The van der Waals surface area contributed by atoms with Crippen LogP contribution in [0.5, 0.6) is 0 Å². The molecule has 0 bridgehead atoms. The summed E-state index contributed by atoms with van der Waals surface area (Å²) in [7, 11) is 1.70. The van der Waals surface area contributed by atoms with Gasteiger partial charge in [0.2, 0.25) is 0 Å². The fraction of sp³-hybridized carbons (Fsp3) is 0.364. The maximum Gasteiger partial charge on any atom is 0.119 e. The van der Waals surface area contributed by atoms with Crippen molar-refractivity contribution in [3.63, 3.8) is 0 Å². The first-order chi connectivity index (χ1) is 6.35. The summed E-state index contributed by atoms with van der Waals surface area (Å²) in [6.45, 7) is 2.52. The zero-order valence-corrected chi connectivity index (χ0v) is 8.19. The van der Waals surface area contributed by atoms with Crippen LogP contribution in [0.1, 0.15) is 18.9 Å². The molecule has 0 fully saturated rings. The number of aldehydes is 1. The molecule has 0 saturated heterocycles. The van der Waals surface area contributed by atoms with Gasteiger partial charge < -0.3 is 9.53 Å². The third kappa shape index (κ3) is 7.22. The Morgan fingerprint density at radius 2 is 1.85 bits per heavy atom. The molecule has 72 valence electrons. The molecule has 0 saturated carbocycles. The van der Waals surface area contributed by atoms with E-state index < -0.39 is 0 Å². The molecule has 0 aliphatic heterocycles. The highest BCUT2D eigenvalue weighted by Crippen LogP contribution is 1.98. The second kappa shape index (κ2) is 8.94. The smallest absolute Gasteiger partial charge is 0.119 e. The van der Waals surface area contributed by atoms with Crippen molar-refractivity contribution in [3.8, 4) is 0 Å². The van der Waals surface area contributed by atoms with Crippen molar-refractivity contribution in [2.45, 2.75) is 20.0 Å². The molecule has 2 nitrogen and oxygen atoms in total. The molecule has 0 N–H and O–H groups in total. The first kappa shape index (κ1) is 11.8. The zero-order chi connectivity index (χ0) is 9.94. The van der Waals surface area contributed by atoms with E-state index >= 15 is 0 Å². The van der Waals surface area contributed by atoms with E-state index in [0.29, 0.717) is 13.0 Å². The number of hydrogen-bond donors (Lipinski definition) is 0. The molecule has 0 spiro atoms. The fourth-order valence-electron chi connectivity index (χ4n) is 0.741. The Bertz CT molecular complexity index is 207. The van der Waals surface area contributed by atoms with Crippen molar-refractivity contribution < 1.29 is 9.53 Å². The van der Waals surface area contributed by atoms with E-state index in [0.717, 1.165) is 6.29 Å². The number of hydrogen-bond acceptors (Lipinski definition) is 2. The van der Waals surface area contributed by atoms with Crippen LogP contribution in [0.3, 0.4) is 0 Å². The SMILES string of the molecule is CCC=O.COCc1ccccc1. The molecular weight excluding hydrogens is 164 g/mol. The lowest BCUT2D eigenvalue weighted by Gasteiger charge is -1.95. The molecule has 1 aromatic rings. The maximum absolute atomic E-state index is 9.17. The van der Waals surface area contributed by atoms with Gasteiger partial charge in [-0.1, -0.05) is 37.3 Å². The van der Waals surface area contributed by atoms with Crippen molar-refractivity contribution in [3.05, 3.63) is 35.9 Å². The van der Waals surface area contributed by atoms with Gasteiger partial charge in [0.05, 0.1) is 6.61 Å². The Morgan fingerprint density at radius 3 is 2.23 bits per heavy atom. The standard InChI is InChI=1S/C8H10O.C3H6O/c1-9-7-8-5-3-2-4-6-8;1-2-3-4/h2-6H,7H2,1H3;3H,2H2,1H3. The number of benzene rings is 1. The van der Waals surface area contributed by atoms with E-state index in [9.17, 15) is 4.79 Å². The van der Waals surface area contributed by atoms with Gasteiger partial charge in [-0.2, -0.15) is 0 Å². The van der Waals surface area contributed by atoms with Gasteiger partial charge >= 0.3 is 0 Å². The quantitative estimate of drug-likeness (QED) is 0.668. The normalized spacial score (nSPS) is 8.46. The van der Waals surface area contributed by atoms with Crippen molar-refractivity contribution >= 4 is 6.29 Å². The van der Waals surface area contributed by atoms with Gasteiger partial charge in [-0.15, -0.1) is 0 Å². The summed E-state index contributed by atoms with van der Waals surface area (Å²) in [5.74, 6) is 0. The molecule has 0 aliphatic carbocycles. The largest absolute Gasteiger partial charge is 0.380 e. The highest BCUT2D eigenvalue weighted by Gasteiger charge is 1.84. The number of ether oxygens (including phenoxy) is 1. The number of carbonyl (C=O) groups excluding carboxylic acids is 1. The van der Waals surface area contributed by atoms with Crippen LogP contribution in [-0.2, 0) is 16.1 Å². The van der Waals surface area contributed by atoms with Crippen LogP contribution in [0.15, 0.2) is 30.3 Å². The van der Waals surface area contributed by atoms with E-state index in [-0.39, 0.29) is 0 Å². The lowest BCUT2D eigenvalue weighted by Crippen LogP contribution is -1.84. The molecule has 0 atom stereocenters. The molecular formula is C11H16O2. The topological polar surface area (TPSA) is 26.3 Å². The van der Waals surface area contributed by atoms with E-state index in [2.05, 4.69) is 0 Å². The average molecular weight is 180 g/mol. The Labute approximate surface area is 79.5 Å². The molecule has 2 heteroatoms. The molecule has 13 heavy (non-hydrogen) atoms. The average Bonchev–Trinajstić information content (AvgIpc) is 2.20. The third-order valence-electron chi connectivity index (χ3n) is 1.32. The van der Waals surface area contributed by atoms with Crippen LogP contribution in [-0.4, -0.2) is 13.4 Å². The zero-order valence-electron chi connectivity index (χ0n) is 8.19. The molecule has 0 heterocycles. The van der Waals surface area contributed by atoms with Gasteiger partial charge in [-0.3, -0.25) is 0 Å². The molecule has 0 amide bonds. The molecule has 0 radical (unpaired) electrons. The van der Waals surface area contributed by atoms with E-state index in [1.165, 1.54) is 5.56 Å². The minimum atomic E-state index is 0.639. The van der Waals surface area contributed by atoms with E-state index in [4.69, 9.17) is 4.74 Å². The Kier molecular flexibility index (Phi) is 8.15. The second-order valence-corrected chi connectivity index (χ2v) is 2.49. The van der Waals surface area contributed by atoms with Crippen LogP contribution >= 0.6 is 0 Å². The third-order valence-corrected chi connectivity index (χ3v) is 1.32. The van der Waals surface area contributed by atoms with Crippen LogP contribution in [0.2, 0.25) is 0 Å². The van der Waals surface area contributed by atoms with Crippen LogP contribution in [0.4, 0.5) is 0 Å². The predicted octanol–water partition coefficient (Wildman–Crippen LogP) is 2.43. The van der Waals surface area contributed by atoms with E-state index in [1.807, 2.05) is 37.3 Å². The van der Waals surface area contributed by atoms with Crippen LogP contribution in [0, 0.1) is 0 Å². The summed E-state index contributed by atoms with van der Waals surface area (Å²) >= 11 is 0. The van der Waals surface area contributed by atoms with Crippen LogP contribution in [0.25, 0.3) is 0 Å². The van der Waals surface area contributed by atoms with Crippen LogP contribution < -0.4 is 0 Å². The molecule has 0 unspecified atom stereocenters. The fourth-order valence-corrected chi connectivity index (χ4v) is 0.741. The number of carbonyl (C=O) groups is 1. The van der Waals surface area contributed by atoms with Gasteiger partial charge in [0, 0.05) is 13.5 Å². The minimum absolute atomic E-state index is 0.639. The number of methoxy groups -OCH3 is 1. The monoisotopic (exact) mass is 180 g/mol. The van der Waals surface area contributed by atoms with E-state index in [1.54, 1.807) is 7.11 Å². The molecule has 0 aliphatic rings. The summed E-state index contributed by atoms with van der Waals surface area (Å²) in [4.78, 5) is 9.17. The highest BCUT2D eigenvalue weighted by atomic mass is 16.5. The first-order valence-corrected chi connectivity index (χ1v) is 4.31. The Morgan fingerprint density at radius 1 is 1.31 bits per heavy atom. The van der Waals surface area contributed by atoms with Crippen molar-refractivity contribution in [2.75, 3.05) is 7.11 Å². The highest BCUT2D eigenvalue weighted by molar-refractivity contribution is 5.48. The summed E-state index contributed by atoms with van der Waals surface area (Å²) in [5, 5.41) is 0. The predicted molar refractivity (Wildman–Crippen MR) is 53.5 cm³/mol. The molecule has 1 rings (SSSR count). The molecule has 1 aromatic carbocycles. The van der Waals surface area contributed by atoms with Crippen molar-refractivity contribution in [2.24, 2.45) is 0 Å². The van der Waals surface area contributed by atoms with Gasteiger partial charge in [-0.05, 0) is 5.56 Å². The lowest BCUT2D eigenvalue weighted by molar-refractivity contribution is -0.107. The number of rotatable bonds is 3. The maximum atomic E-state index is 9.17. The summed E-state index contributed by atoms with van der Waals surface area (Å²) in [5.41, 5.74) is 1.22. The summed E-state index contributed by atoms with van der Waals surface area (Å²) in [6, 6.07) is 10.1. The molecule has 0 aromatic heterocycles. The van der Waals surface area contributed by atoms with Crippen molar-refractivity contribution in [1.82, 2.24) is 0 Å². The Hall–Kier alpha value is -1.15. The van der Waals surface area contributed by atoms with Gasteiger partial charge in [0.1, 0.15) is 6.29 Å². The second-order valence-electron chi connectivity index (χ2n) is 2.49. The first-order valence-electron chi connectivity index (χ1n) is 4.31. The van der Waals surface area contributed by atoms with Gasteiger partial charge in [-0.25, -0.2) is 0 Å². The Balaban J connectivity index is 0.000000310. The van der Waals surface area contributed by atoms with Gasteiger partial charge in [0.15, 0.2) is 0 Å².